The van der Waals surface area contributed by atoms with E-state index >= 15 is 0 Å². The van der Waals surface area contributed by atoms with Crippen LogP contribution in [0.2, 0.25) is 0 Å². The number of rotatable bonds is 4. The fourth-order valence-electron chi connectivity index (χ4n) is 3.38. The Morgan fingerprint density at radius 3 is 2.56 bits per heavy atom. The van der Waals surface area contributed by atoms with Crippen molar-refractivity contribution in [3.05, 3.63) is 65.2 Å². The van der Waals surface area contributed by atoms with E-state index in [1.807, 2.05) is 74.2 Å². The molecule has 2 atom stereocenters. The average molecular weight is 336 g/mol. The summed E-state index contributed by atoms with van der Waals surface area (Å²) in [5.74, 6) is -0.348. The van der Waals surface area contributed by atoms with Gasteiger partial charge in [-0.25, -0.2) is 0 Å². The highest BCUT2D eigenvalue weighted by Gasteiger charge is 2.37. The van der Waals surface area contributed by atoms with Gasteiger partial charge in [0.2, 0.25) is 11.8 Å². The van der Waals surface area contributed by atoms with Crippen LogP contribution in [0.5, 0.6) is 0 Å². The van der Waals surface area contributed by atoms with E-state index in [4.69, 9.17) is 0 Å². The van der Waals surface area contributed by atoms with E-state index in [1.54, 1.807) is 0 Å². The number of aryl methyl sites for hydroxylation is 2. The highest BCUT2D eigenvalue weighted by molar-refractivity contribution is 5.97. The summed E-state index contributed by atoms with van der Waals surface area (Å²) < 4.78 is 0. The molecular formula is C21H24N2O2. The quantitative estimate of drug-likeness (QED) is 0.922. The van der Waals surface area contributed by atoms with Gasteiger partial charge < -0.3 is 10.2 Å². The van der Waals surface area contributed by atoms with Crippen LogP contribution in [0.4, 0.5) is 5.69 Å². The Balaban J connectivity index is 1.68. The van der Waals surface area contributed by atoms with Crippen LogP contribution in [0.25, 0.3) is 0 Å². The van der Waals surface area contributed by atoms with Crippen molar-refractivity contribution in [1.82, 2.24) is 4.90 Å². The van der Waals surface area contributed by atoms with Gasteiger partial charge in [0.1, 0.15) is 0 Å². The van der Waals surface area contributed by atoms with Crippen LogP contribution < -0.4 is 5.32 Å². The lowest BCUT2D eigenvalue weighted by molar-refractivity contribution is -0.129. The van der Waals surface area contributed by atoms with Crippen LogP contribution in [0.1, 0.15) is 36.1 Å². The number of carbonyl (C=O) groups is 2. The number of nitrogens with zero attached hydrogens (tertiary/aromatic N) is 1. The molecule has 1 fully saturated rings. The molecule has 2 aromatic rings. The van der Waals surface area contributed by atoms with Gasteiger partial charge in [-0.1, -0.05) is 48.0 Å². The van der Waals surface area contributed by atoms with Gasteiger partial charge in [0.15, 0.2) is 0 Å². The lowest BCUT2D eigenvalue weighted by atomic mass is 10.1. The minimum Gasteiger partial charge on any atom is -0.335 e. The lowest BCUT2D eigenvalue weighted by Crippen LogP contribution is -2.30. The van der Waals surface area contributed by atoms with Gasteiger partial charge in [-0.2, -0.15) is 0 Å². The molecule has 0 spiro atoms. The zero-order valence-electron chi connectivity index (χ0n) is 15.0. The first kappa shape index (κ1) is 17.2. The van der Waals surface area contributed by atoms with Gasteiger partial charge in [0.05, 0.1) is 12.0 Å². The van der Waals surface area contributed by atoms with Crippen molar-refractivity contribution in [3.8, 4) is 0 Å². The zero-order chi connectivity index (χ0) is 18.0. The molecule has 1 heterocycles. The molecule has 0 radical (unpaired) electrons. The molecule has 4 nitrogen and oxygen atoms in total. The Kier molecular flexibility index (Phi) is 4.88. The fourth-order valence-corrected chi connectivity index (χ4v) is 3.38. The van der Waals surface area contributed by atoms with Crippen LogP contribution in [0.3, 0.4) is 0 Å². The maximum atomic E-state index is 12.6. The second-order valence-electron chi connectivity index (χ2n) is 6.84. The molecule has 0 saturated carbocycles. The summed E-state index contributed by atoms with van der Waals surface area (Å²) in [5, 5.41) is 2.98. The molecule has 1 N–H and O–H groups in total. The summed E-state index contributed by atoms with van der Waals surface area (Å²) >= 11 is 0. The van der Waals surface area contributed by atoms with E-state index in [2.05, 4.69) is 5.32 Å². The minimum absolute atomic E-state index is 0.0207. The van der Waals surface area contributed by atoms with E-state index in [0.29, 0.717) is 6.54 Å². The second-order valence-corrected chi connectivity index (χ2v) is 6.84. The summed E-state index contributed by atoms with van der Waals surface area (Å²) in [7, 11) is 0. The molecular weight excluding hydrogens is 312 g/mol. The number of nitrogens with one attached hydrogen (secondary N) is 1. The predicted octanol–water partition coefficient (Wildman–Crippen LogP) is 3.85. The van der Waals surface area contributed by atoms with Crippen LogP contribution in [-0.4, -0.2) is 23.3 Å². The molecule has 130 valence electrons. The minimum atomic E-state index is -0.306. The maximum Gasteiger partial charge on any atom is 0.229 e. The fraction of sp³-hybridized carbons (Fsp3) is 0.333. The lowest BCUT2D eigenvalue weighted by Gasteiger charge is -2.25. The van der Waals surface area contributed by atoms with E-state index in [0.717, 1.165) is 22.4 Å². The highest BCUT2D eigenvalue weighted by atomic mass is 16.2. The van der Waals surface area contributed by atoms with Crippen LogP contribution in [0.15, 0.2) is 48.5 Å². The topological polar surface area (TPSA) is 49.4 Å². The molecule has 4 heteroatoms. The molecule has 0 unspecified atom stereocenters. The number of hydrogen-bond donors (Lipinski definition) is 1. The summed E-state index contributed by atoms with van der Waals surface area (Å²) in [6, 6.07) is 15.8. The third-order valence-corrected chi connectivity index (χ3v) is 4.92. The predicted molar refractivity (Wildman–Crippen MR) is 99.2 cm³/mol. The van der Waals surface area contributed by atoms with Crippen molar-refractivity contribution in [3.63, 3.8) is 0 Å². The number of anilines is 1. The molecule has 2 amide bonds. The maximum absolute atomic E-state index is 12.6. The van der Waals surface area contributed by atoms with Gasteiger partial charge in [0.25, 0.3) is 0 Å². The molecule has 0 bridgehead atoms. The Bertz CT molecular complexity index is 786. The highest BCUT2D eigenvalue weighted by Crippen LogP contribution is 2.29. The van der Waals surface area contributed by atoms with E-state index in [9.17, 15) is 9.59 Å². The molecule has 1 saturated heterocycles. The van der Waals surface area contributed by atoms with Gasteiger partial charge in [-0.15, -0.1) is 0 Å². The third kappa shape index (κ3) is 3.73. The number of likely N-dealkylation sites (tertiary alicyclic amines) is 1. The zero-order valence-corrected chi connectivity index (χ0v) is 15.0. The Morgan fingerprint density at radius 1 is 1.16 bits per heavy atom. The van der Waals surface area contributed by atoms with Crippen LogP contribution in [0, 0.1) is 19.8 Å². The Labute approximate surface area is 148 Å². The number of carbonyl (C=O) groups excluding carboxylic acids is 2. The van der Waals surface area contributed by atoms with Gasteiger partial charge in [0, 0.05) is 18.7 Å². The molecule has 1 aliphatic heterocycles. The molecule has 2 aromatic carbocycles. The molecule has 1 aliphatic rings. The molecule has 25 heavy (non-hydrogen) atoms. The summed E-state index contributed by atoms with van der Waals surface area (Å²) in [6.07, 6.45) is 0.272. The standard InChI is InChI=1S/C21H24N2O2/c1-14-9-10-19(15(2)11-14)22-21(25)18-12-20(24)23(13-18)16(3)17-7-5-4-6-8-17/h4-11,16,18H,12-13H2,1-3H3,(H,22,25)/t16-,18+/m1/s1. The molecule has 3 rings (SSSR count). The van der Waals surface area contributed by atoms with E-state index in [1.165, 1.54) is 0 Å². The van der Waals surface area contributed by atoms with Crippen molar-refractivity contribution in [2.75, 3.05) is 11.9 Å². The summed E-state index contributed by atoms with van der Waals surface area (Å²) in [5.41, 5.74) is 4.10. The Morgan fingerprint density at radius 2 is 1.88 bits per heavy atom. The summed E-state index contributed by atoms with van der Waals surface area (Å²) in [4.78, 5) is 26.8. The van der Waals surface area contributed by atoms with Crippen molar-refractivity contribution < 1.29 is 9.59 Å². The van der Waals surface area contributed by atoms with Crippen LogP contribution in [-0.2, 0) is 9.59 Å². The first-order valence-corrected chi connectivity index (χ1v) is 8.68. The monoisotopic (exact) mass is 336 g/mol. The largest absolute Gasteiger partial charge is 0.335 e. The third-order valence-electron chi connectivity index (χ3n) is 4.92. The first-order chi connectivity index (χ1) is 12.0. The van der Waals surface area contributed by atoms with E-state index in [-0.39, 0.29) is 30.2 Å². The van der Waals surface area contributed by atoms with E-state index < -0.39 is 0 Å². The smallest absolute Gasteiger partial charge is 0.229 e. The molecule has 0 aromatic heterocycles. The van der Waals surface area contributed by atoms with Crippen molar-refractivity contribution in [1.29, 1.82) is 0 Å². The van der Waals surface area contributed by atoms with Gasteiger partial charge in [-0.05, 0) is 38.0 Å². The van der Waals surface area contributed by atoms with Crippen molar-refractivity contribution >= 4 is 17.5 Å². The van der Waals surface area contributed by atoms with Gasteiger partial charge in [-0.3, -0.25) is 9.59 Å². The Hall–Kier alpha value is -2.62. The SMILES string of the molecule is Cc1ccc(NC(=O)[C@H]2CC(=O)N([C@H](C)c3ccccc3)C2)c(C)c1. The molecule has 0 aliphatic carbocycles. The second kappa shape index (κ2) is 7.09. The van der Waals surface area contributed by atoms with Crippen molar-refractivity contribution in [2.45, 2.75) is 33.2 Å². The number of hydrogen-bond acceptors (Lipinski definition) is 2. The number of benzene rings is 2. The van der Waals surface area contributed by atoms with Crippen LogP contribution >= 0.6 is 0 Å². The van der Waals surface area contributed by atoms with Gasteiger partial charge >= 0.3 is 0 Å². The number of amides is 2. The van der Waals surface area contributed by atoms with Crippen molar-refractivity contribution in [2.24, 2.45) is 5.92 Å². The normalized spacial score (nSPS) is 18.3. The average Bonchev–Trinajstić information content (AvgIpc) is 2.99. The summed E-state index contributed by atoms with van der Waals surface area (Å²) in [6.45, 7) is 6.48. The first-order valence-electron chi connectivity index (χ1n) is 8.68.